The highest BCUT2D eigenvalue weighted by Crippen LogP contribution is 1.79. The monoisotopic (exact) mass is 154 g/mol. The van der Waals surface area contributed by atoms with Crippen molar-refractivity contribution in [3.63, 3.8) is 0 Å². The van der Waals surface area contributed by atoms with Gasteiger partial charge in [0, 0.05) is 7.05 Å². The zero-order valence-electron chi connectivity index (χ0n) is 6.33. The summed E-state index contributed by atoms with van der Waals surface area (Å²) in [5.41, 5.74) is 2.24. The van der Waals surface area contributed by atoms with Crippen molar-refractivity contribution in [2.24, 2.45) is 0 Å². The van der Waals surface area contributed by atoms with Crippen LogP contribution in [0.5, 0.6) is 0 Å². The van der Waals surface area contributed by atoms with E-state index in [0.29, 0.717) is 0 Å². The lowest BCUT2D eigenvalue weighted by Crippen LogP contribution is -2.41. The summed E-state index contributed by atoms with van der Waals surface area (Å²) in [6.07, 6.45) is 2.18. The van der Waals surface area contributed by atoms with E-state index in [4.69, 9.17) is 0 Å². The molecule has 0 saturated heterocycles. The predicted molar refractivity (Wildman–Crippen MR) is 41.3 cm³/mol. The van der Waals surface area contributed by atoms with Crippen molar-refractivity contribution < 1.29 is 9.59 Å². The van der Waals surface area contributed by atoms with Gasteiger partial charge in [-0.25, -0.2) is 0 Å². The van der Waals surface area contributed by atoms with Crippen LogP contribution in [0.1, 0.15) is 0 Å². The molecule has 2 amide bonds. The number of nitrogens with one attached hydrogen (secondary N) is 1. The van der Waals surface area contributed by atoms with Gasteiger partial charge < -0.3 is 0 Å². The maximum absolute atomic E-state index is 10.7. The molecule has 0 atom stereocenters. The molecule has 0 heterocycles. The molecule has 0 radical (unpaired) electrons. The van der Waals surface area contributed by atoms with Crippen molar-refractivity contribution in [1.29, 1.82) is 0 Å². The number of amides is 2. The summed E-state index contributed by atoms with van der Waals surface area (Å²) < 4.78 is 0. The lowest BCUT2D eigenvalue weighted by atomic mass is 10.5. The second-order valence-electron chi connectivity index (χ2n) is 1.78. The van der Waals surface area contributed by atoms with E-state index in [9.17, 15) is 9.59 Å². The molecule has 0 aliphatic rings. The fourth-order valence-electron chi connectivity index (χ4n) is 0.403. The van der Waals surface area contributed by atoms with Gasteiger partial charge in [-0.3, -0.25) is 20.0 Å². The summed E-state index contributed by atoms with van der Waals surface area (Å²) in [5.74, 6) is -0.803. The zero-order chi connectivity index (χ0) is 8.85. The smallest absolute Gasteiger partial charge is 0.264 e. The highest BCUT2D eigenvalue weighted by Gasteiger charge is 2.04. The summed E-state index contributed by atoms with van der Waals surface area (Å²) in [4.78, 5) is 21.3. The number of carbonyl (C=O) groups excluding carboxylic acids is 2. The van der Waals surface area contributed by atoms with Gasteiger partial charge in [-0.1, -0.05) is 13.2 Å². The molecule has 60 valence electrons. The molecule has 0 unspecified atom stereocenters. The number of hydrazine groups is 1. The summed E-state index contributed by atoms with van der Waals surface area (Å²) in [6, 6.07) is 0. The summed E-state index contributed by atoms with van der Waals surface area (Å²) in [7, 11) is 1.42. The second-order valence-corrected chi connectivity index (χ2v) is 1.78. The van der Waals surface area contributed by atoms with Gasteiger partial charge in [-0.05, 0) is 12.2 Å². The molecule has 4 heteroatoms. The minimum atomic E-state index is -0.428. The molecule has 0 fully saturated rings. The summed E-state index contributed by atoms with van der Waals surface area (Å²) in [6.45, 7) is 6.47. The van der Waals surface area contributed by atoms with E-state index in [0.717, 1.165) is 17.2 Å². The Bertz CT molecular complexity index is 199. The van der Waals surface area contributed by atoms with Gasteiger partial charge in [0.25, 0.3) is 11.8 Å². The molecule has 0 aromatic heterocycles. The number of hydrogen-bond donors (Lipinski definition) is 1. The largest absolute Gasteiger partial charge is 0.268 e. The third kappa shape index (κ3) is 3.20. The average Bonchev–Trinajstić information content (AvgIpc) is 2.02. The van der Waals surface area contributed by atoms with Gasteiger partial charge in [0.2, 0.25) is 0 Å². The maximum atomic E-state index is 10.7. The molecule has 0 aliphatic heterocycles. The van der Waals surface area contributed by atoms with Crippen LogP contribution in [0.3, 0.4) is 0 Å². The molecular formula is C7H10N2O2. The van der Waals surface area contributed by atoms with Crippen LogP contribution < -0.4 is 5.43 Å². The molecular weight excluding hydrogens is 144 g/mol. The standard InChI is InChI=1S/C7H10N2O2/c1-4-6(10)8-9(3)7(11)5-2/h4-5H,1-2H2,3H3,(H,8,10). The van der Waals surface area contributed by atoms with Gasteiger partial charge in [-0.15, -0.1) is 0 Å². The molecule has 1 N–H and O–H groups in total. The Labute approximate surface area is 65.2 Å². The number of hydrogen-bond acceptors (Lipinski definition) is 2. The number of rotatable bonds is 2. The lowest BCUT2D eigenvalue weighted by molar-refractivity contribution is -0.134. The van der Waals surface area contributed by atoms with Crippen LogP contribution in [0.15, 0.2) is 25.3 Å². The van der Waals surface area contributed by atoms with Crippen LogP contribution in [0.25, 0.3) is 0 Å². The first-order valence-electron chi connectivity index (χ1n) is 2.95. The predicted octanol–water partition coefficient (Wildman–Crippen LogP) is -0.152. The Kier molecular flexibility index (Phi) is 3.66. The highest BCUT2D eigenvalue weighted by atomic mass is 16.2. The molecule has 0 aliphatic carbocycles. The van der Waals surface area contributed by atoms with Crippen molar-refractivity contribution in [2.75, 3.05) is 7.05 Å². The van der Waals surface area contributed by atoms with Crippen LogP contribution in [0.2, 0.25) is 0 Å². The Morgan fingerprint density at radius 2 is 1.91 bits per heavy atom. The fraction of sp³-hybridized carbons (Fsp3) is 0.143. The Hall–Kier alpha value is -1.58. The first-order valence-corrected chi connectivity index (χ1v) is 2.95. The second kappa shape index (κ2) is 4.27. The van der Waals surface area contributed by atoms with E-state index < -0.39 is 5.91 Å². The van der Waals surface area contributed by atoms with Gasteiger partial charge in [0.1, 0.15) is 0 Å². The number of carbonyl (C=O) groups is 2. The number of likely N-dealkylation sites (N-methyl/N-ethyl adjacent to an activating group) is 1. The molecule has 0 aromatic rings. The number of nitrogens with zero attached hydrogens (tertiary/aromatic N) is 1. The summed E-state index contributed by atoms with van der Waals surface area (Å²) >= 11 is 0. The minimum Gasteiger partial charge on any atom is -0.268 e. The van der Waals surface area contributed by atoms with E-state index in [1.807, 2.05) is 0 Å². The van der Waals surface area contributed by atoms with E-state index in [-0.39, 0.29) is 5.91 Å². The first kappa shape index (κ1) is 9.42. The maximum Gasteiger partial charge on any atom is 0.264 e. The molecule has 4 nitrogen and oxygen atoms in total. The van der Waals surface area contributed by atoms with Crippen molar-refractivity contribution in [2.45, 2.75) is 0 Å². The third-order valence-corrected chi connectivity index (χ3v) is 0.968. The highest BCUT2D eigenvalue weighted by molar-refractivity contribution is 5.92. The molecule has 11 heavy (non-hydrogen) atoms. The van der Waals surface area contributed by atoms with Crippen LogP contribution in [-0.2, 0) is 9.59 Å². The van der Waals surface area contributed by atoms with Crippen LogP contribution in [-0.4, -0.2) is 23.9 Å². The SMILES string of the molecule is C=CC(=O)NN(C)C(=O)C=C. The molecule has 0 spiro atoms. The quantitative estimate of drug-likeness (QED) is 0.444. The minimum absolute atomic E-state index is 0.375. The zero-order valence-corrected chi connectivity index (χ0v) is 6.33. The van der Waals surface area contributed by atoms with E-state index >= 15 is 0 Å². The van der Waals surface area contributed by atoms with Crippen molar-refractivity contribution in [1.82, 2.24) is 10.4 Å². The van der Waals surface area contributed by atoms with Gasteiger partial charge in [0.05, 0.1) is 0 Å². The van der Waals surface area contributed by atoms with Gasteiger partial charge in [-0.2, -0.15) is 0 Å². The van der Waals surface area contributed by atoms with Crippen molar-refractivity contribution >= 4 is 11.8 Å². The van der Waals surface area contributed by atoms with E-state index in [2.05, 4.69) is 18.6 Å². The summed E-state index contributed by atoms with van der Waals surface area (Å²) in [5, 5.41) is 1.02. The van der Waals surface area contributed by atoms with Crippen molar-refractivity contribution in [3.05, 3.63) is 25.3 Å². The fourth-order valence-corrected chi connectivity index (χ4v) is 0.403. The molecule has 0 rings (SSSR count). The van der Waals surface area contributed by atoms with Crippen LogP contribution >= 0.6 is 0 Å². The van der Waals surface area contributed by atoms with E-state index in [1.165, 1.54) is 7.05 Å². The topological polar surface area (TPSA) is 49.4 Å². The average molecular weight is 154 g/mol. The normalized spacial score (nSPS) is 8.09. The third-order valence-electron chi connectivity index (χ3n) is 0.968. The molecule has 0 saturated carbocycles. The van der Waals surface area contributed by atoms with Crippen LogP contribution in [0, 0.1) is 0 Å². The molecule has 0 aromatic carbocycles. The van der Waals surface area contributed by atoms with Gasteiger partial charge in [0.15, 0.2) is 0 Å². The van der Waals surface area contributed by atoms with Crippen molar-refractivity contribution in [3.8, 4) is 0 Å². The van der Waals surface area contributed by atoms with Gasteiger partial charge >= 0.3 is 0 Å². The van der Waals surface area contributed by atoms with E-state index in [1.54, 1.807) is 0 Å². The molecule has 0 bridgehead atoms. The van der Waals surface area contributed by atoms with Crippen LogP contribution in [0.4, 0.5) is 0 Å². The first-order chi connectivity index (χ1) is 5.11. The Balaban J connectivity index is 3.95. The Morgan fingerprint density at radius 1 is 1.36 bits per heavy atom. The Morgan fingerprint density at radius 3 is 2.27 bits per heavy atom. The lowest BCUT2D eigenvalue weighted by Gasteiger charge is -2.14.